The van der Waals surface area contributed by atoms with Crippen molar-refractivity contribution in [3.63, 3.8) is 0 Å². The van der Waals surface area contributed by atoms with Crippen LogP contribution in [0.15, 0.2) is 36.4 Å². The zero-order chi connectivity index (χ0) is 20.7. The highest BCUT2D eigenvalue weighted by Gasteiger charge is 2.17. The highest BCUT2D eigenvalue weighted by Crippen LogP contribution is 2.27. The SMILES string of the molecule is COc1ccc(CNC(=O)COC(=O)c2cc([N+](=O)[O-])ccc2N)cc1OC. The molecule has 0 aliphatic rings. The summed E-state index contributed by atoms with van der Waals surface area (Å²) in [5, 5.41) is 13.4. The number of nitrogen functional groups attached to an aromatic ring is 1. The first-order valence-electron chi connectivity index (χ1n) is 8.04. The molecule has 3 N–H and O–H groups in total. The minimum atomic E-state index is -0.928. The predicted molar refractivity (Wildman–Crippen MR) is 99.2 cm³/mol. The van der Waals surface area contributed by atoms with Gasteiger partial charge in [-0.2, -0.15) is 0 Å². The van der Waals surface area contributed by atoms with Gasteiger partial charge in [0.05, 0.1) is 24.7 Å². The summed E-state index contributed by atoms with van der Waals surface area (Å²) in [6.45, 7) is -0.385. The number of methoxy groups -OCH3 is 2. The average Bonchev–Trinajstić information content (AvgIpc) is 2.70. The molecule has 0 saturated carbocycles. The highest BCUT2D eigenvalue weighted by molar-refractivity contribution is 5.96. The summed E-state index contributed by atoms with van der Waals surface area (Å²) < 4.78 is 15.2. The lowest BCUT2D eigenvalue weighted by molar-refractivity contribution is -0.384. The van der Waals surface area contributed by atoms with Crippen LogP contribution in [0.4, 0.5) is 11.4 Å². The Hall–Kier alpha value is -3.82. The Morgan fingerprint density at radius 3 is 2.46 bits per heavy atom. The van der Waals surface area contributed by atoms with Crippen LogP contribution in [0.3, 0.4) is 0 Å². The molecule has 0 saturated heterocycles. The Kier molecular flexibility index (Phi) is 6.74. The van der Waals surface area contributed by atoms with E-state index in [-0.39, 0.29) is 23.5 Å². The fraction of sp³-hybridized carbons (Fsp3) is 0.222. The maximum Gasteiger partial charge on any atom is 0.341 e. The van der Waals surface area contributed by atoms with Crippen LogP contribution >= 0.6 is 0 Å². The normalized spacial score (nSPS) is 10.1. The lowest BCUT2D eigenvalue weighted by atomic mass is 10.1. The van der Waals surface area contributed by atoms with Crippen molar-refractivity contribution < 1.29 is 28.7 Å². The fourth-order valence-electron chi connectivity index (χ4n) is 2.29. The predicted octanol–water partition coefficient (Wildman–Crippen LogP) is 1.67. The number of nitro benzene ring substituents is 1. The number of nitrogens with two attached hydrogens (primary N) is 1. The monoisotopic (exact) mass is 389 g/mol. The quantitative estimate of drug-likeness (QED) is 0.300. The van der Waals surface area contributed by atoms with Gasteiger partial charge in [-0.1, -0.05) is 6.07 Å². The average molecular weight is 389 g/mol. The van der Waals surface area contributed by atoms with Gasteiger partial charge in [0.2, 0.25) is 0 Å². The van der Waals surface area contributed by atoms with Crippen LogP contribution < -0.4 is 20.5 Å². The lowest BCUT2D eigenvalue weighted by Crippen LogP contribution is -2.28. The topological polar surface area (TPSA) is 143 Å². The molecule has 10 heteroatoms. The second kappa shape index (κ2) is 9.21. The highest BCUT2D eigenvalue weighted by atomic mass is 16.6. The van der Waals surface area contributed by atoms with Crippen molar-refractivity contribution in [2.45, 2.75) is 6.54 Å². The molecule has 0 heterocycles. The molecule has 0 bridgehead atoms. The fourth-order valence-corrected chi connectivity index (χ4v) is 2.29. The molecule has 28 heavy (non-hydrogen) atoms. The number of ether oxygens (including phenoxy) is 3. The van der Waals surface area contributed by atoms with Gasteiger partial charge in [0.25, 0.3) is 11.6 Å². The van der Waals surface area contributed by atoms with Crippen LogP contribution in [0.25, 0.3) is 0 Å². The maximum absolute atomic E-state index is 12.0. The summed E-state index contributed by atoms with van der Waals surface area (Å²) in [6, 6.07) is 8.55. The Morgan fingerprint density at radius 2 is 1.82 bits per heavy atom. The molecular formula is C18H19N3O7. The molecule has 2 aromatic rings. The zero-order valence-electron chi connectivity index (χ0n) is 15.3. The molecule has 0 aliphatic heterocycles. The van der Waals surface area contributed by atoms with Crippen LogP contribution in [0.1, 0.15) is 15.9 Å². The standard InChI is InChI=1S/C18H19N3O7/c1-26-15-6-3-11(7-16(15)27-2)9-20-17(22)10-28-18(23)13-8-12(21(24)25)4-5-14(13)19/h3-8H,9-10,19H2,1-2H3,(H,20,22). The van der Waals surface area contributed by atoms with E-state index in [4.69, 9.17) is 19.9 Å². The van der Waals surface area contributed by atoms with Gasteiger partial charge >= 0.3 is 5.97 Å². The van der Waals surface area contributed by atoms with E-state index in [9.17, 15) is 19.7 Å². The van der Waals surface area contributed by atoms with Crippen LogP contribution in [-0.2, 0) is 16.1 Å². The van der Waals surface area contributed by atoms with Crippen LogP contribution in [0.5, 0.6) is 11.5 Å². The van der Waals surface area contributed by atoms with Gasteiger partial charge in [0, 0.05) is 24.4 Å². The first-order valence-corrected chi connectivity index (χ1v) is 8.04. The Labute approximate surface area is 160 Å². The van der Waals surface area contributed by atoms with Gasteiger partial charge in [0.15, 0.2) is 18.1 Å². The van der Waals surface area contributed by atoms with E-state index in [0.29, 0.717) is 11.5 Å². The van der Waals surface area contributed by atoms with Crippen molar-refractivity contribution in [1.29, 1.82) is 0 Å². The van der Waals surface area contributed by atoms with Gasteiger partial charge in [-0.15, -0.1) is 0 Å². The first kappa shape index (κ1) is 20.5. The van der Waals surface area contributed by atoms with Crippen molar-refractivity contribution in [3.05, 3.63) is 57.6 Å². The summed E-state index contributed by atoms with van der Waals surface area (Å²) in [6.07, 6.45) is 0. The number of hydrogen-bond donors (Lipinski definition) is 2. The Balaban J connectivity index is 1.91. The van der Waals surface area contributed by atoms with Gasteiger partial charge in [-0.05, 0) is 23.8 Å². The second-order valence-electron chi connectivity index (χ2n) is 5.57. The summed E-state index contributed by atoms with van der Waals surface area (Å²) in [4.78, 5) is 34.1. The number of esters is 1. The number of carbonyl (C=O) groups excluding carboxylic acids is 2. The van der Waals surface area contributed by atoms with E-state index in [2.05, 4.69) is 5.32 Å². The minimum Gasteiger partial charge on any atom is -0.493 e. The number of anilines is 1. The number of nitrogens with zero attached hydrogens (tertiary/aromatic N) is 1. The smallest absolute Gasteiger partial charge is 0.341 e. The van der Waals surface area contributed by atoms with Crippen molar-refractivity contribution in [3.8, 4) is 11.5 Å². The van der Waals surface area contributed by atoms with Crippen molar-refractivity contribution >= 4 is 23.3 Å². The third kappa shape index (κ3) is 5.10. The molecule has 0 spiro atoms. The first-order chi connectivity index (χ1) is 13.3. The van der Waals surface area contributed by atoms with Gasteiger partial charge in [-0.3, -0.25) is 14.9 Å². The van der Waals surface area contributed by atoms with E-state index in [1.54, 1.807) is 18.2 Å². The molecule has 2 rings (SSSR count). The molecule has 0 atom stereocenters. The van der Waals surface area contributed by atoms with Gasteiger partial charge in [0.1, 0.15) is 0 Å². The molecular weight excluding hydrogens is 370 g/mol. The molecule has 0 unspecified atom stereocenters. The van der Waals surface area contributed by atoms with E-state index in [1.165, 1.54) is 26.4 Å². The Bertz CT molecular complexity index is 899. The molecule has 0 fully saturated rings. The van der Waals surface area contributed by atoms with Crippen molar-refractivity contribution in [2.24, 2.45) is 0 Å². The molecule has 1 amide bonds. The number of carbonyl (C=O) groups is 2. The van der Waals surface area contributed by atoms with E-state index < -0.39 is 23.4 Å². The number of non-ortho nitro benzene ring substituents is 1. The number of nitro groups is 1. The number of nitrogens with one attached hydrogen (secondary N) is 1. The summed E-state index contributed by atoms with van der Waals surface area (Å²) in [7, 11) is 3.01. The van der Waals surface area contributed by atoms with Gasteiger partial charge < -0.3 is 25.3 Å². The van der Waals surface area contributed by atoms with Crippen LogP contribution in [0, 0.1) is 10.1 Å². The zero-order valence-corrected chi connectivity index (χ0v) is 15.3. The third-order valence-corrected chi connectivity index (χ3v) is 3.74. The Morgan fingerprint density at radius 1 is 1.11 bits per heavy atom. The minimum absolute atomic E-state index is 0.0151. The van der Waals surface area contributed by atoms with Crippen LogP contribution in [0.2, 0.25) is 0 Å². The van der Waals surface area contributed by atoms with Crippen molar-refractivity contribution in [1.82, 2.24) is 5.32 Å². The molecule has 0 aromatic heterocycles. The molecule has 0 radical (unpaired) electrons. The molecule has 2 aromatic carbocycles. The van der Waals surface area contributed by atoms with Gasteiger partial charge in [-0.25, -0.2) is 4.79 Å². The second-order valence-corrected chi connectivity index (χ2v) is 5.57. The van der Waals surface area contributed by atoms with Crippen LogP contribution in [-0.4, -0.2) is 37.6 Å². The molecule has 0 aliphatic carbocycles. The lowest BCUT2D eigenvalue weighted by Gasteiger charge is -2.11. The number of hydrogen-bond acceptors (Lipinski definition) is 8. The number of amides is 1. The molecule has 10 nitrogen and oxygen atoms in total. The van der Waals surface area contributed by atoms with Crippen molar-refractivity contribution in [2.75, 3.05) is 26.6 Å². The summed E-state index contributed by atoms with van der Waals surface area (Å²) in [5.74, 6) is -0.405. The summed E-state index contributed by atoms with van der Waals surface area (Å²) in [5.41, 5.74) is 5.92. The van der Waals surface area contributed by atoms with E-state index in [1.807, 2.05) is 0 Å². The van der Waals surface area contributed by atoms with E-state index >= 15 is 0 Å². The number of rotatable bonds is 8. The number of benzene rings is 2. The molecule has 148 valence electrons. The third-order valence-electron chi connectivity index (χ3n) is 3.74. The maximum atomic E-state index is 12.0. The summed E-state index contributed by atoms with van der Waals surface area (Å²) >= 11 is 0. The van der Waals surface area contributed by atoms with E-state index in [0.717, 1.165) is 11.6 Å². The largest absolute Gasteiger partial charge is 0.493 e.